The highest BCUT2D eigenvalue weighted by Gasteiger charge is 2.48. The molecule has 23 heavy (non-hydrogen) atoms. The molecule has 6 nitrogen and oxygen atoms in total. The summed E-state index contributed by atoms with van der Waals surface area (Å²) in [5.41, 5.74) is 0.210. The maximum Gasteiger partial charge on any atom is 0.407 e. The number of methoxy groups -OCH3 is 1. The largest absolute Gasteiger partial charge is 0.465 e. The minimum Gasteiger partial charge on any atom is -0.465 e. The van der Waals surface area contributed by atoms with Crippen LogP contribution in [-0.4, -0.2) is 48.9 Å². The minimum absolute atomic E-state index is 0.253. The van der Waals surface area contributed by atoms with Crippen LogP contribution in [0.1, 0.15) is 36.7 Å². The minimum atomic E-state index is -0.951. The van der Waals surface area contributed by atoms with Crippen molar-refractivity contribution in [1.29, 1.82) is 0 Å². The molecule has 0 radical (unpaired) electrons. The fourth-order valence-corrected chi connectivity index (χ4v) is 2.94. The van der Waals surface area contributed by atoms with Gasteiger partial charge < -0.3 is 19.5 Å². The maximum atomic E-state index is 11.6. The molecule has 1 aliphatic heterocycles. The van der Waals surface area contributed by atoms with E-state index in [0.717, 1.165) is 5.56 Å². The van der Waals surface area contributed by atoms with Gasteiger partial charge in [-0.05, 0) is 23.1 Å². The van der Waals surface area contributed by atoms with Gasteiger partial charge in [-0.15, -0.1) is 0 Å². The van der Waals surface area contributed by atoms with Crippen LogP contribution in [0.4, 0.5) is 4.79 Å². The zero-order valence-electron chi connectivity index (χ0n) is 14.0. The van der Waals surface area contributed by atoms with Crippen molar-refractivity contribution in [1.82, 2.24) is 4.90 Å². The molecule has 1 unspecified atom stereocenters. The van der Waals surface area contributed by atoms with Gasteiger partial charge in [-0.1, -0.05) is 32.9 Å². The van der Waals surface area contributed by atoms with Crippen LogP contribution in [0.2, 0.25) is 0 Å². The van der Waals surface area contributed by atoms with Gasteiger partial charge in [0.05, 0.1) is 25.8 Å². The third-order valence-electron chi connectivity index (χ3n) is 4.38. The van der Waals surface area contributed by atoms with Gasteiger partial charge in [0.1, 0.15) is 5.60 Å². The first-order chi connectivity index (χ1) is 10.7. The van der Waals surface area contributed by atoms with E-state index in [1.54, 1.807) is 12.1 Å². The molecule has 1 aliphatic rings. The number of carbonyl (C=O) groups is 2. The van der Waals surface area contributed by atoms with Crippen molar-refractivity contribution in [3.63, 3.8) is 0 Å². The molecule has 0 spiro atoms. The van der Waals surface area contributed by atoms with Crippen LogP contribution < -0.4 is 0 Å². The van der Waals surface area contributed by atoms with Crippen molar-refractivity contribution >= 4 is 12.1 Å². The van der Waals surface area contributed by atoms with Gasteiger partial charge in [0.25, 0.3) is 0 Å². The summed E-state index contributed by atoms with van der Waals surface area (Å²) in [7, 11) is 1.34. The quantitative estimate of drug-likeness (QED) is 0.848. The van der Waals surface area contributed by atoms with Crippen molar-refractivity contribution in [3.8, 4) is 0 Å². The molecule has 2 rings (SSSR count). The summed E-state index contributed by atoms with van der Waals surface area (Å²) in [5.74, 6) is -0.405. The number of rotatable bonds is 2. The predicted molar refractivity (Wildman–Crippen MR) is 84.5 cm³/mol. The van der Waals surface area contributed by atoms with Crippen LogP contribution in [-0.2, 0) is 15.1 Å². The molecule has 0 aliphatic carbocycles. The Kier molecular flexibility index (Phi) is 4.66. The number of hydrogen-bond acceptors (Lipinski definition) is 4. The molecule has 1 heterocycles. The molecule has 0 aromatic heterocycles. The summed E-state index contributed by atoms with van der Waals surface area (Å²) in [6.45, 7) is 7.00. The van der Waals surface area contributed by atoms with Gasteiger partial charge in [0, 0.05) is 6.54 Å². The average Bonchev–Trinajstić information content (AvgIpc) is 2.53. The summed E-state index contributed by atoms with van der Waals surface area (Å²) in [6.07, 6.45) is -0.951. The lowest BCUT2D eigenvalue weighted by Crippen LogP contribution is -2.57. The second-order valence-corrected chi connectivity index (χ2v) is 6.70. The number of ether oxygens (including phenoxy) is 2. The lowest BCUT2D eigenvalue weighted by atomic mass is 9.71. The zero-order chi connectivity index (χ0) is 17.3. The van der Waals surface area contributed by atoms with E-state index in [4.69, 9.17) is 9.47 Å². The number of amides is 1. The van der Waals surface area contributed by atoms with E-state index in [1.165, 1.54) is 12.0 Å². The number of morpholine rings is 1. The number of carbonyl (C=O) groups excluding carboxylic acids is 1. The van der Waals surface area contributed by atoms with Crippen molar-refractivity contribution < 1.29 is 24.2 Å². The Bertz CT molecular complexity index is 590. The summed E-state index contributed by atoms with van der Waals surface area (Å²) in [6, 6.07) is 6.97. The first-order valence-electron chi connectivity index (χ1n) is 7.52. The molecule has 0 saturated carbocycles. The molecule has 126 valence electrons. The third-order valence-corrected chi connectivity index (χ3v) is 4.38. The Morgan fingerprint density at radius 1 is 1.26 bits per heavy atom. The lowest BCUT2D eigenvalue weighted by Gasteiger charge is -2.50. The number of carboxylic acid groups (broad SMARTS) is 1. The molecular weight excluding hydrogens is 298 g/mol. The Morgan fingerprint density at radius 2 is 1.87 bits per heavy atom. The molecule has 1 N–H and O–H groups in total. The number of nitrogens with zero attached hydrogens (tertiary/aromatic N) is 1. The molecule has 1 amide bonds. The number of hydrogen-bond donors (Lipinski definition) is 1. The number of esters is 1. The molecule has 1 aromatic carbocycles. The van der Waals surface area contributed by atoms with Crippen LogP contribution in [0.25, 0.3) is 0 Å². The molecule has 1 aromatic rings. The molecule has 1 saturated heterocycles. The Hall–Kier alpha value is -2.08. The molecular formula is C17H23NO5. The van der Waals surface area contributed by atoms with Crippen molar-refractivity contribution in [2.45, 2.75) is 26.4 Å². The van der Waals surface area contributed by atoms with Crippen molar-refractivity contribution in [2.24, 2.45) is 5.41 Å². The van der Waals surface area contributed by atoms with Crippen molar-refractivity contribution in [2.75, 3.05) is 26.8 Å². The normalized spacial score (nSPS) is 21.8. The smallest absolute Gasteiger partial charge is 0.407 e. The SMILES string of the molecule is COC(=O)c1ccc(C2(C(C)(C)C)CN(C(=O)O)CCO2)cc1. The van der Waals surface area contributed by atoms with Gasteiger partial charge in [-0.2, -0.15) is 0 Å². The first-order valence-corrected chi connectivity index (χ1v) is 7.52. The molecule has 1 fully saturated rings. The molecule has 1 atom stereocenters. The Labute approximate surface area is 136 Å². The monoisotopic (exact) mass is 321 g/mol. The van der Waals surface area contributed by atoms with Crippen LogP contribution >= 0.6 is 0 Å². The highest BCUT2D eigenvalue weighted by Crippen LogP contribution is 2.45. The van der Waals surface area contributed by atoms with Gasteiger partial charge in [0.15, 0.2) is 0 Å². The summed E-state index contributed by atoms with van der Waals surface area (Å²) < 4.78 is 10.8. The van der Waals surface area contributed by atoms with E-state index in [0.29, 0.717) is 18.7 Å². The van der Waals surface area contributed by atoms with E-state index >= 15 is 0 Å². The second-order valence-electron chi connectivity index (χ2n) is 6.70. The van der Waals surface area contributed by atoms with Crippen LogP contribution in [0.15, 0.2) is 24.3 Å². The predicted octanol–water partition coefficient (Wildman–Crippen LogP) is 2.72. The van der Waals surface area contributed by atoms with Crippen molar-refractivity contribution in [3.05, 3.63) is 35.4 Å². The van der Waals surface area contributed by atoms with E-state index in [-0.39, 0.29) is 12.0 Å². The fourth-order valence-electron chi connectivity index (χ4n) is 2.94. The first kappa shape index (κ1) is 17.3. The zero-order valence-corrected chi connectivity index (χ0v) is 14.0. The summed E-state index contributed by atoms with van der Waals surface area (Å²) >= 11 is 0. The van der Waals surface area contributed by atoms with Gasteiger partial charge in [-0.3, -0.25) is 0 Å². The topological polar surface area (TPSA) is 76.1 Å². The molecule has 0 bridgehead atoms. The van der Waals surface area contributed by atoms with E-state index in [2.05, 4.69) is 0 Å². The third kappa shape index (κ3) is 3.17. The van der Waals surface area contributed by atoms with Gasteiger partial charge >= 0.3 is 12.1 Å². The van der Waals surface area contributed by atoms with Gasteiger partial charge in [0.2, 0.25) is 0 Å². The Balaban J connectivity index is 2.43. The Morgan fingerprint density at radius 3 is 2.35 bits per heavy atom. The van der Waals surface area contributed by atoms with Crippen LogP contribution in [0.5, 0.6) is 0 Å². The lowest BCUT2D eigenvalue weighted by molar-refractivity contribution is -0.166. The average molecular weight is 321 g/mol. The number of benzene rings is 1. The van der Waals surface area contributed by atoms with E-state index < -0.39 is 17.7 Å². The van der Waals surface area contributed by atoms with E-state index in [1.807, 2.05) is 32.9 Å². The van der Waals surface area contributed by atoms with E-state index in [9.17, 15) is 14.7 Å². The fraction of sp³-hybridized carbons (Fsp3) is 0.529. The standard InChI is InChI=1S/C17H23NO5/c1-16(2,3)17(11-18(15(20)21)9-10-23-17)13-7-5-12(6-8-13)14(19)22-4/h5-8H,9-11H2,1-4H3,(H,20,21). The summed E-state index contributed by atoms with van der Waals surface area (Å²) in [4.78, 5) is 24.3. The highest BCUT2D eigenvalue weighted by molar-refractivity contribution is 5.89. The molecule has 6 heteroatoms. The maximum absolute atomic E-state index is 11.6. The van der Waals surface area contributed by atoms with Crippen LogP contribution in [0.3, 0.4) is 0 Å². The van der Waals surface area contributed by atoms with Gasteiger partial charge in [-0.25, -0.2) is 9.59 Å². The van der Waals surface area contributed by atoms with Crippen LogP contribution in [0, 0.1) is 5.41 Å². The summed E-state index contributed by atoms with van der Waals surface area (Å²) in [5, 5.41) is 9.34. The second kappa shape index (κ2) is 6.20. The highest BCUT2D eigenvalue weighted by atomic mass is 16.5.